The van der Waals surface area contributed by atoms with E-state index in [1.807, 2.05) is 44.2 Å². The van der Waals surface area contributed by atoms with E-state index in [-0.39, 0.29) is 18.1 Å². The van der Waals surface area contributed by atoms with E-state index in [9.17, 15) is 4.79 Å². The molecule has 0 atom stereocenters. The predicted molar refractivity (Wildman–Crippen MR) is 184 cm³/mol. The van der Waals surface area contributed by atoms with Gasteiger partial charge in [-0.3, -0.25) is 19.8 Å². The molecule has 240 valence electrons. The van der Waals surface area contributed by atoms with Crippen LogP contribution in [-0.2, 0) is 17.9 Å². The van der Waals surface area contributed by atoms with Crippen LogP contribution in [0.3, 0.4) is 0 Å². The first-order valence-corrected chi connectivity index (χ1v) is 16.6. The van der Waals surface area contributed by atoms with Gasteiger partial charge in [0.15, 0.2) is 0 Å². The second-order valence-corrected chi connectivity index (χ2v) is 13.2. The number of likely N-dealkylation sites (tertiary alicyclic amines) is 1. The topological polar surface area (TPSA) is 114 Å². The number of hydrazone groups is 1. The van der Waals surface area contributed by atoms with Gasteiger partial charge in [0, 0.05) is 80.3 Å². The maximum absolute atomic E-state index is 11.9. The van der Waals surface area contributed by atoms with Crippen molar-refractivity contribution in [2.45, 2.75) is 62.7 Å². The van der Waals surface area contributed by atoms with Crippen molar-refractivity contribution < 1.29 is 9.63 Å². The average Bonchev–Trinajstić information content (AvgIpc) is 3.71. The average molecular weight is 640 g/mol. The number of carbonyl (C=O) groups is 1. The number of aliphatic imine (C=N–C) groups is 2. The van der Waals surface area contributed by atoms with Gasteiger partial charge in [0.25, 0.3) is 5.91 Å². The number of benzene rings is 2. The van der Waals surface area contributed by atoms with Crippen LogP contribution in [0, 0.1) is 0 Å². The Bertz CT molecular complexity index is 1590. The number of nitrogens with zero attached hydrogens (tertiary/aromatic N) is 7. The standard InChI is InChI=1S/C34H41N9O2S/c1-24(2)45-43(35-3)23-38-33(28-18-39-40-19-28)9-12-36-30-10-13-42(14-11-30)46-31-6-4-5-25(15-31)20-41-21-29(22-41)26-7-8-32-27(16-26)17-37-34(32)44/h4-9,12,15-16,18-19,23-24,29-30H,3,10-11,13-14,17,20-22H2,1-2H3,(H,37,44)(H,39,40)/b33-9-,36-12?,38-23?. The third-order valence-corrected chi connectivity index (χ3v) is 9.37. The molecule has 0 radical (unpaired) electrons. The van der Waals surface area contributed by atoms with Crippen molar-refractivity contribution in [2.24, 2.45) is 15.1 Å². The van der Waals surface area contributed by atoms with E-state index in [2.05, 4.69) is 77.9 Å². The van der Waals surface area contributed by atoms with Gasteiger partial charge in [0.2, 0.25) is 0 Å². The minimum Gasteiger partial charge on any atom is -0.348 e. The first-order chi connectivity index (χ1) is 22.4. The van der Waals surface area contributed by atoms with Crippen LogP contribution in [0.5, 0.6) is 0 Å². The van der Waals surface area contributed by atoms with Crippen molar-refractivity contribution in [3.8, 4) is 0 Å². The minimum absolute atomic E-state index is 0.0469. The maximum Gasteiger partial charge on any atom is 0.251 e. The Kier molecular flexibility index (Phi) is 10.4. The van der Waals surface area contributed by atoms with E-state index in [1.54, 1.807) is 12.4 Å². The Morgan fingerprint density at radius 3 is 2.83 bits per heavy atom. The summed E-state index contributed by atoms with van der Waals surface area (Å²) in [6.45, 7) is 13.0. The molecule has 0 saturated carbocycles. The van der Waals surface area contributed by atoms with Gasteiger partial charge < -0.3 is 5.32 Å². The van der Waals surface area contributed by atoms with Gasteiger partial charge in [-0.15, -0.1) is 5.17 Å². The normalized spacial score (nSPS) is 18.4. The molecule has 0 bridgehead atoms. The summed E-state index contributed by atoms with van der Waals surface area (Å²) in [7, 11) is 0. The molecule has 2 N–H and O–H groups in total. The Morgan fingerprint density at radius 1 is 1.22 bits per heavy atom. The fraction of sp³-hybridized carbons (Fsp3) is 0.382. The number of hydrogen-bond donors (Lipinski definition) is 2. The lowest BCUT2D eigenvalue weighted by Gasteiger charge is -2.40. The van der Waals surface area contributed by atoms with Crippen molar-refractivity contribution in [3.63, 3.8) is 0 Å². The zero-order chi connectivity index (χ0) is 31.9. The van der Waals surface area contributed by atoms with Crippen LogP contribution < -0.4 is 5.32 Å². The first kappa shape index (κ1) is 31.9. The van der Waals surface area contributed by atoms with Crippen molar-refractivity contribution in [1.82, 2.24) is 29.9 Å². The summed E-state index contributed by atoms with van der Waals surface area (Å²) < 4.78 is 2.45. The van der Waals surface area contributed by atoms with Crippen LogP contribution in [0.2, 0.25) is 0 Å². The molecular formula is C34H41N9O2S. The van der Waals surface area contributed by atoms with Crippen LogP contribution >= 0.6 is 11.9 Å². The van der Waals surface area contributed by atoms with Gasteiger partial charge in [-0.05, 0) is 79.6 Å². The molecule has 1 amide bonds. The van der Waals surface area contributed by atoms with Gasteiger partial charge in [-0.1, -0.05) is 24.3 Å². The monoisotopic (exact) mass is 639 g/mol. The summed E-state index contributed by atoms with van der Waals surface area (Å²) >= 11 is 1.84. The molecule has 2 aromatic carbocycles. The van der Waals surface area contributed by atoms with Crippen LogP contribution in [0.1, 0.15) is 65.2 Å². The number of hydroxylamine groups is 1. The highest BCUT2D eigenvalue weighted by Gasteiger charge is 2.29. The lowest BCUT2D eigenvalue weighted by molar-refractivity contribution is -0.127. The number of piperidine rings is 1. The molecule has 0 aliphatic carbocycles. The van der Waals surface area contributed by atoms with E-state index in [0.29, 0.717) is 18.2 Å². The van der Waals surface area contributed by atoms with Crippen molar-refractivity contribution in [3.05, 3.63) is 88.8 Å². The Hall–Kier alpha value is -4.10. The molecule has 2 saturated heterocycles. The molecule has 2 fully saturated rings. The summed E-state index contributed by atoms with van der Waals surface area (Å²) in [5.74, 6) is 0.581. The van der Waals surface area contributed by atoms with E-state index in [0.717, 1.165) is 62.3 Å². The summed E-state index contributed by atoms with van der Waals surface area (Å²) in [6, 6.07) is 15.5. The number of allylic oxidation sites excluding steroid dienone is 1. The molecular weight excluding hydrogens is 599 g/mol. The minimum atomic E-state index is -0.0541. The largest absolute Gasteiger partial charge is 0.348 e. The van der Waals surface area contributed by atoms with Crippen molar-refractivity contribution in [2.75, 3.05) is 26.2 Å². The lowest BCUT2D eigenvalue weighted by Crippen LogP contribution is -2.44. The summed E-state index contributed by atoms with van der Waals surface area (Å²) in [5, 5.41) is 14.9. The zero-order valence-electron chi connectivity index (χ0n) is 26.4. The van der Waals surface area contributed by atoms with Crippen molar-refractivity contribution >= 4 is 42.8 Å². The Balaban J connectivity index is 0.964. The number of hydrogen-bond acceptors (Lipinski definition) is 9. The SMILES string of the molecule is C=NN(C=N/C(=C\C=NC1CCN(Sc2cccc(CN3CC(c4ccc5c(c4)CNC5=O)C3)c2)CC1)c1cn[nH]c1)OC(C)C. The molecule has 3 aliphatic rings. The fourth-order valence-corrected chi connectivity index (χ4v) is 6.91. The highest BCUT2D eigenvalue weighted by atomic mass is 32.2. The molecule has 12 heteroatoms. The molecule has 11 nitrogen and oxygen atoms in total. The molecule has 3 aliphatic heterocycles. The van der Waals surface area contributed by atoms with Crippen LogP contribution in [0.4, 0.5) is 0 Å². The van der Waals surface area contributed by atoms with Gasteiger partial charge >= 0.3 is 0 Å². The van der Waals surface area contributed by atoms with E-state index in [1.165, 1.54) is 27.5 Å². The molecule has 46 heavy (non-hydrogen) atoms. The van der Waals surface area contributed by atoms with Gasteiger partial charge in [0.1, 0.15) is 6.34 Å². The highest BCUT2D eigenvalue weighted by molar-refractivity contribution is 7.97. The maximum atomic E-state index is 11.9. The summed E-state index contributed by atoms with van der Waals surface area (Å²) in [4.78, 5) is 30.5. The number of rotatable bonds is 13. The second-order valence-electron chi connectivity index (χ2n) is 12.1. The van der Waals surface area contributed by atoms with Gasteiger partial charge in [0.05, 0.1) is 24.0 Å². The van der Waals surface area contributed by atoms with E-state index in [4.69, 9.17) is 9.83 Å². The number of nitrogens with one attached hydrogen (secondary N) is 2. The van der Waals surface area contributed by atoms with Gasteiger partial charge in [-0.25, -0.2) is 14.1 Å². The second kappa shape index (κ2) is 15.0. The van der Waals surface area contributed by atoms with Crippen LogP contribution in [0.15, 0.2) is 80.9 Å². The zero-order valence-corrected chi connectivity index (χ0v) is 27.2. The number of amides is 1. The van der Waals surface area contributed by atoms with E-state index < -0.39 is 0 Å². The Labute approximate surface area is 274 Å². The van der Waals surface area contributed by atoms with Gasteiger partial charge in [-0.2, -0.15) is 10.2 Å². The molecule has 3 aromatic rings. The molecule has 0 unspecified atom stereocenters. The number of fused-ring (bicyclic) bond motifs is 1. The molecule has 1 aromatic heterocycles. The van der Waals surface area contributed by atoms with E-state index >= 15 is 0 Å². The summed E-state index contributed by atoms with van der Waals surface area (Å²) in [6.07, 6.45) is 10.7. The third kappa shape index (κ3) is 8.18. The van der Waals surface area contributed by atoms with Crippen LogP contribution in [-0.4, -0.2) is 88.1 Å². The molecule has 6 rings (SSSR count). The first-order valence-electron chi connectivity index (χ1n) is 15.8. The quantitative estimate of drug-likeness (QED) is 0.116. The number of aromatic nitrogens is 2. The van der Waals surface area contributed by atoms with Crippen LogP contribution in [0.25, 0.3) is 5.70 Å². The number of H-pyrrole nitrogens is 1. The predicted octanol–water partition coefficient (Wildman–Crippen LogP) is 5.12. The highest BCUT2D eigenvalue weighted by Crippen LogP contribution is 2.32. The smallest absolute Gasteiger partial charge is 0.251 e. The molecule has 0 spiro atoms. The molecule has 4 heterocycles. The third-order valence-electron chi connectivity index (χ3n) is 8.28. The lowest BCUT2D eigenvalue weighted by atomic mass is 9.89. The number of carbonyl (C=O) groups excluding carboxylic acids is 1. The fourth-order valence-electron chi connectivity index (χ4n) is 5.87. The Morgan fingerprint density at radius 2 is 2.07 bits per heavy atom. The summed E-state index contributed by atoms with van der Waals surface area (Å²) in [5.41, 5.74) is 6.18. The van der Waals surface area contributed by atoms with Crippen molar-refractivity contribution in [1.29, 1.82) is 0 Å². The number of aromatic amines is 1.